The van der Waals surface area contributed by atoms with Crippen LogP contribution in [0, 0.1) is 0 Å². The van der Waals surface area contributed by atoms with Crippen LogP contribution in [-0.4, -0.2) is 70.5 Å². The molecule has 1 aliphatic heterocycles. The molecule has 0 bridgehead atoms. The fourth-order valence-corrected chi connectivity index (χ4v) is 3.93. The normalized spacial score (nSPS) is 35.2. The van der Waals surface area contributed by atoms with Gasteiger partial charge < -0.3 is 34.2 Å². The lowest BCUT2D eigenvalue weighted by molar-refractivity contribution is -0.329. The lowest BCUT2D eigenvalue weighted by Gasteiger charge is -2.42. The Balaban J connectivity index is 2.78. The van der Waals surface area contributed by atoms with Crippen LogP contribution in [0.2, 0.25) is 0 Å². The molecule has 0 aromatic heterocycles. The van der Waals surface area contributed by atoms with Gasteiger partial charge in [0.1, 0.15) is 6.10 Å². The molecule has 1 heterocycles. The smallest absolute Gasteiger partial charge is 0.333 e. The second-order valence-electron chi connectivity index (χ2n) is 4.62. The molecule has 8 nitrogen and oxygen atoms in total. The van der Waals surface area contributed by atoms with E-state index in [0.717, 1.165) is 0 Å². The van der Waals surface area contributed by atoms with Crippen molar-refractivity contribution in [3.05, 3.63) is 0 Å². The van der Waals surface area contributed by atoms with Crippen LogP contribution in [-0.2, 0) is 18.3 Å². The second kappa shape index (κ2) is 7.29. The van der Waals surface area contributed by atoms with Crippen molar-refractivity contribution in [1.29, 1.82) is 0 Å². The average Bonchev–Trinajstić information content (AvgIpc) is 2.36. The molecule has 0 amide bonds. The maximum absolute atomic E-state index is 12.4. The van der Waals surface area contributed by atoms with Gasteiger partial charge in [0, 0.05) is 6.42 Å². The first-order valence-electron chi connectivity index (χ1n) is 6.55. The van der Waals surface area contributed by atoms with Crippen LogP contribution in [0.1, 0.15) is 20.3 Å². The molecule has 120 valence electrons. The van der Waals surface area contributed by atoms with Crippen LogP contribution in [0.3, 0.4) is 0 Å². The maximum atomic E-state index is 12.4. The molecule has 0 aliphatic carbocycles. The largest absolute Gasteiger partial charge is 0.391 e. The highest BCUT2D eigenvalue weighted by molar-refractivity contribution is 7.53. The number of hydrogen-bond donors (Lipinski definition) is 4. The molecule has 0 radical (unpaired) electrons. The Bertz CT molecular complexity index is 341. The monoisotopic (exact) mass is 314 g/mol. The van der Waals surface area contributed by atoms with Crippen LogP contribution < -0.4 is 0 Å². The molecule has 4 N–H and O–H groups in total. The van der Waals surface area contributed by atoms with Crippen LogP contribution in [0.15, 0.2) is 0 Å². The third-order valence-electron chi connectivity index (χ3n) is 3.01. The van der Waals surface area contributed by atoms with Gasteiger partial charge in [0.2, 0.25) is 5.79 Å². The Kier molecular flexibility index (Phi) is 6.56. The van der Waals surface area contributed by atoms with Crippen LogP contribution in [0.4, 0.5) is 0 Å². The maximum Gasteiger partial charge on any atom is 0.333 e. The van der Waals surface area contributed by atoms with Gasteiger partial charge in [0.15, 0.2) is 0 Å². The van der Waals surface area contributed by atoms with Crippen molar-refractivity contribution < 1.29 is 38.8 Å². The summed E-state index contributed by atoms with van der Waals surface area (Å²) in [6, 6.07) is 0. The zero-order valence-corrected chi connectivity index (χ0v) is 12.5. The first-order valence-corrected chi connectivity index (χ1v) is 8.28. The molecular weight excluding hydrogens is 291 g/mol. The number of ether oxygens (including phenoxy) is 1. The third kappa shape index (κ3) is 4.22. The van der Waals surface area contributed by atoms with Crippen molar-refractivity contribution in [3.8, 4) is 0 Å². The summed E-state index contributed by atoms with van der Waals surface area (Å²) in [5.41, 5.74) is 0. The minimum absolute atomic E-state index is 0.0480. The zero-order valence-electron chi connectivity index (χ0n) is 11.6. The number of aliphatic hydroxyl groups is 4. The molecule has 1 fully saturated rings. The predicted molar refractivity (Wildman–Crippen MR) is 69.3 cm³/mol. The van der Waals surface area contributed by atoms with Crippen molar-refractivity contribution in [2.24, 2.45) is 0 Å². The van der Waals surface area contributed by atoms with Crippen molar-refractivity contribution in [2.75, 3.05) is 26.0 Å². The lowest BCUT2D eigenvalue weighted by atomic mass is 9.96. The van der Waals surface area contributed by atoms with Gasteiger partial charge in [-0.05, 0) is 13.8 Å². The highest BCUT2D eigenvalue weighted by Crippen LogP contribution is 2.50. The summed E-state index contributed by atoms with van der Waals surface area (Å²) in [6.07, 6.45) is -4.03. The zero-order chi connectivity index (χ0) is 15.4. The van der Waals surface area contributed by atoms with E-state index in [9.17, 15) is 19.9 Å². The van der Waals surface area contributed by atoms with Crippen LogP contribution >= 0.6 is 7.60 Å². The first kappa shape index (κ1) is 18.0. The predicted octanol–water partition coefficient (Wildman–Crippen LogP) is -0.556. The van der Waals surface area contributed by atoms with Gasteiger partial charge in [-0.15, -0.1) is 0 Å². The molecule has 1 aliphatic rings. The molecule has 0 aromatic rings. The minimum atomic E-state index is -3.41. The highest BCUT2D eigenvalue weighted by atomic mass is 31.2. The van der Waals surface area contributed by atoms with Gasteiger partial charge in [0.25, 0.3) is 0 Å². The van der Waals surface area contributed by atoms with Gasteiger partial charge >= 0.3 is 7.60 Å². The Hall–Kier alpha value is -0.0500. The third-order valence-corrected chi connectivity index (χ3v) is 5.16. The van der Waals surface area contributed by atoms with Gasteiger partial charge in [-0.3, -0.25) is 4.57 Å². The van der Waals surface area contributed by atoms with E-state index in [1.807, 2.05) is 0 Å². The Morgan fingerprint density at radius 1 is 1.30 bits per heavy atom. The van der Waals surface area contributed by atoms with E-state index in [0.29, 0.717) is 0 Å². The molecule has 0 unspecified atom stereocenters. The van der Waals surface area contributed by atoms with E-state index < -0.39 is 38.3 Å². The fourth-order valence-electron chi connectivity index (χ4n) is 2.13. The summed E-state index contributed by atoms with van der Waals surface area (Å²) < 4.78 is 27.7. The van der Waals surface area contributed by atoms with Crippen molar-refractivity contribution in [2.45, 2.75) is 44.4 Å². The molecule has 9 heteroatoms. The minimum Gasteiger partial charge on any atom is -0.391 e. The molecule has 0 spiro atoms. The summed E-state index contributed by atoms with van der Waals surface area (Å²) in [7, 11) is -3.41. The molecule has 1 rings (SSSR count). The van der Waals surface area contributed by atoms with Crippen LogP contribution in [0.25, 0.3) is 0 Å². The fraction of sp³-hybridized carbons (Fsp3) is 1.00. The quantitative estimate of drug-likeness (QED) is 0.461. The molecule has 20 heavy (non-hydrogen) atoms. The molecule has 0 aromatic carbocycles. The Labute approximate surface area is 117 Å². The summed E-state index contributed by atoms with van der Waals surface area (Å²) in [4.78, 5) is 0. The second-order valence-corrected chi connectivity index (χ2v) is 6.72. The topological polar surface area (TPSA) is 126 Å². The Morgan fingerprint density at radius 2 is 1.85 bits per heavy atom. The van der Waals surface area contributed by atoms with E-state index in [4.69, 9.17) is 18.9 Å². The molecule has 0 saturated carbocycles. The van der Waals surface area contributed by atoms with E-state index in [1.54, 1.807) is 13.8 Å². The summed E-state index contributed by atoms with van der Waals surface area (Å²) in [5.74, 6) is -2.29. The molecule has 4 atom stereocenters. The summed E-state index contributed by atoms with van der Waals surface area (Å²) >= 11 is 0. The van der Waals surface area contributed by atoms with E-state index in [1.165, 1.54) is 0 Å². The number of aliphatic hydroxyl groups excluding tert-OH is 3. The lowest BCUT2D eigenvalue weighted by Crippen LogP contribution is -2.60. The van der Waals surface area contributed by atoms with Crippen LogP contribution in [0.5, 0.6) is 0 Å². The molecule has 1 saturated heterocycles. The molecular formula is C11H23O8P. The van der Waals surface area contributed by atoms with Gasteiger partial charge in [0.05, 0.1) is 38.2 Å². The van der Waals surface area contributed by atoms with E-state index in [-0.39, 0.29) is 25.8 Å². The van der Waals surface area contributed by atoms with Gasteiger partial charge in [-0.1, -0.05) is 0 Å². The standard InChI is InChI=1S/C11H23O8P/c1-3-17-20(16,18-4-2)6-8-5-9(13)10(14)11(15,7-12)19-8/h8-10,12-15H,3-7H2,1-2H3/t8-,9-,10+,11-/m1/s1. The summed E-state index contributed by atoms with van der Waals surface area (Å²) in [5, 5.41) is 38.3. The Morgan fingerprint density at radius 3 is 2.30 bits per heavy atom. The average molecular weight is 314 g/mol. The van der Waals surface area contributed by atoms with Crippen molar-refractivity contribution in [1.82, 2.24) is 0 Å². The van der Waals surface area contributed by atoms with Gasteiger partial charge in [-0.2, -0.15) is 0 Å². The highest BCUT2D eigenvalue weighted by Gasteiger charge is 2.49. The SMILES string of the molecule is CCOP(=O)(C[C@H]1C[C@@H](O)[C@H](O)[C@@](O)(CO)O1)OCC. The van der Waals surface area contributed by atoms with E-state index >= 15 is 0 Å². The van der Waals surface area contributed by atoms with Crippen molar-refractivity contribution >= 4 is 7.60 Å². The number of hydrogen-bond acceptors (Lipinski definition) is 8. The van der Waals surface area contributed by atoms with Crippen molar-refractivity contribution in [3.63, 3.8) is 0 Å². The summed E-state index contributed by atoms with van der Waals surface area (Å²) in [6.45, 7) is 2.79. The van der Waals surface area contributed by atoms with E-state index in [2.05, 4.69) is 0 Å². The first-order chi connectivity index (χ1) is 9.30. The van der Waals surface area contributed by atoms with Gasteiger partial charge in [-0.25, -0.2) is 0 Å². The number of rotatable bonds is 7.